The predicted octanol–water partition coefficient (Wildman–Crippen LogP) is 3.32. The Morgan fingerprint density at radius 1 is 0.833 bits per heavy atom. The molecule has 4 heteroatoms. The van der Waals surface area contributed by atoms with E-state index >= 15 is 0 Å². The molecule has 0 saturated carbocycles. The minimum atomic E-state index is 0.108. The molecule has 0 aliphatic carbocycles. The lowest BCUT2D eigenvalue weighted by molar-refractivity contribution is 0.115. The minimum absolute atomic E-state index is 0.108. The van der Waals surface area contributed by atoms with Crippen LogP contribution < -0.4 is 0 Å². The normalized spacial score (nSPS) is 12.0. The monoisotopic (exact) mass is 364 g/mol. The van der Waals surface area contributed by atoms with E-state index in [1.165, 1.54) is 0 Å². The van der Waals surface area contributed by atoms with Crippen LogP contribution in [0.1, 0.15) is 19.3 Å². The summed E-state index contributed by atoms with van der Waals surface area (Å²) in [4.78, 5) is 0. The molecule has 0 spiro atoms. The van der Waals surface area contributed by atoms with Gasteiger partial charge >= 0.3 is 0 Å². The van der Waals surface area contributed by atoms with Gasteiger partial charge in [0.1, 0.15) is 0 Å². The Morgan fingerprint density at radius 3 is 1.33 bits per heavy atom. The van der Waals surface area contributed by atoms with Gasteiger partial charge in [-0.3, -0.25) is 0 Å². The van der Waals surface area contributed by atoms with E-state index in [2.05, 4.69) is 47.8 Å². The summed E-state index contributed by atoms with van der Waals surface area (Å²) < 4.78 is 0. The molecule has 0 aliphatic heterocycles. The van der Waals surface area contributed by atoms with Gasteiger partial charge in [0, 0.05) is 22.6 Å². The zero-order chi connectivity index (χ0) is 9.45. The summed E-state index contributed by atoms with van der Waals surface area (Å²) in [6.45, 7) is 0.287. The highest BCUT2D eigenvalue weighted by molar-refractivity contribution is 9.09. The van der Waals surface area contributed by atoms with Crippen LogP contribution in [-0.4, -0.2) is 27.7 Å². The van der Waals surface area contributed by atoms with E-state index in [1.54, 1.807) is 0 Å². The van der Waals surface area contributed by atoms with Gasteiger partial charge in [0.05, 0.1) is 0 Å². The Hall–Kier alpha value is 1.40. The second-order valence-electron chi connectivity index (χ2n) is 2.98. The Labute approximate surface area is 99.7 Å². The number of hydrogen-bond acceptors (Lipinski definition) is 1. The molecule has 74 valence electrons. The lowest BCUT2D eigenvalue weighted by atomic mass is 9.81. The summed E-state index contributed by atoms with van der Waals surface area (Å²) in [6.07, 6.45) is 3.13. The van der Waals surface area contributed by atoms with Crippen LogP contribution in [-0.2, 0) is 0 Å². The summed E-state index contributed by atoms with van der Waals surface area (Å²) in [6, 6.07) is 0. The van der Waals surface area contributed by atoms with Crippen molar-refractivity contribution in [2.24, 2.45) is 5.41 Å². The highest BCUT2D eigenvalue weighted by atomic mass is 79.9. The van der Waals surface area contributed by atoms with Crippen LogP contribution >= 0.6 is 47.8 Å². The van der Waals surface area contributed by atoms with Crippen molar-refractivity contribution >= 4 is 47.8 Å². The largest absolute Gasteiger partial charge is 0.396 e. The molecular formula is C8H15Br3O. The van der Waals surface area contributed by atoms with Crippen molar-refractivity contribution in [3.05, 3.63) is 0 Å². The van der Waals surface area contributed by atoms with Gasteiger partial charge in [-0.15, -0.1) is 0 Å². The maximum Gasteiger partial charge on any atom is 0.0488 e. The van der Waals surface area contributed by atoms with Crippen LogP contribution in [0.5, 0.6) is 0 Å². The molecular weight excluding hydrogens is 352 g/mol. The number of hydrogen-bond donors (Lipinski definition) is 1. The molecule has 0 saturated heterocycles. The van der Waals surface area contributed by atoms with Crippen molar-refractivity contribution in [2.75, 3.05) is 22.6 Å². The molecule has 1 N–H and O–H groups in total. The van der Waals surface area contributed by atoms with Crippen molar-refractivity contribution in [1.82, 2.24) is 0 Å². The Bertz CT molecular complexity index is 91.5. The van der Waals surface area contributed by atoms with Crippen molar-refractivity contribution in [1.29, 1.82) is 0 Å². The molecule has 12 heavy (non-hydrogen) atoms. The van der Waals surface area contributed by atoms with E-state index in [0.29, 0.717) is 0 Å². The topological polar surface area (TPSA) is 20.2 Å². The summed E-state index contributed by atoms with van der Waals surface area (Å²) in [5, 5.41) is 12.2. The van der Waals surface area contributed by atoms with Crippen molar-refractivity contribution in [3.8, 4) is 0 Å². The summed E-state index contributed by atoms with van der Waals surface area (Å²) in [7, 11) is 0. The average molecular weight is 367 g/mol. The quantitative estimate of drug-likeness (QED) is 0.685. The zero-order valence-electron chi connectivity index (χ0n) is 7.03. The lowest BCUT2D eigenvalue weighted by Gasteiger charge is -2.30. The molecule has 0 heterocycles. The highest BCUT2D eigenvalue weighted by Crippen LogP contribution is 2.32. The van der Waals surface area contributed by atoms with Crippen LogP contribution in [0.2, 0.25) is 0 Å². The highest BCUT2D eigenvalue weighted by Gasteiger charge is 2.26. The first-order chi connectivity index (χ1) is 5.74. The molecule has 0 atom stereocenters. The van der Waals surface area contributed by atoms with E-state index in [1.807, 2.05) is 0 Å². The Morgan fingerprint density at radius 2 is 1.17 bits per heavy atom. The molecule has 0 radical (unpaired) electrons. The molecule has 1 nitrogen and oxygen atoms in total. The number of aliphatic hydroxyl groups is 1. The fraction of sp³-hybridized carbons (Fsp3) is 1.00. The number of rotatable bonds is 7. The molecule has 0 aromatic rings. The SMILES string of the molecule is OCC(CCBr)(CCBr)CCBr. The van der Waals surface area contributed by atoms with E-state index < -0.39 is 0 Å². The maximum atomic E-state index is 9.31. The van der Waals surface area contributed by atoms with Crippen molar-refractivity contribution < 1.29 is 5.11 Å². The fourth-order valence-electron chi connectivity index (χ4n) is 1.21. The van der Waals surface area contributed by atoms with Gasteiger partial charge < -0.3 is 5.11 Å². The van der Waals surface area contributed by atoms with Gasteiger partial charge in [0.25, 0.3) is 0 Å². The first-order valence-electron chi connectivity index (χ1n) is 4.03. The predicted molar refractivity (Wildman–Crippen MR) is 64.8 cm³/mol. The van der Waals surface area contributed by atoms with Gasteiger partial charge in [-0.1, -0.05) is 47.8 Å². The zero-order valence-corrected chi connectivity index (χ0v) is 11.8. The first-order valence-corrected chi connectivity index (χ1v) is 7.40. The molecule has 0 unspecified atom stereocenters. The van der Waals surface area contributed by atoms with Crippen LogP contribution in [0.25, 0.3) is 0 Å². The van der Waals surface area contributed by atoms with Gasteiger partial charge in [-0.05, 0) is 24.7 Å². The van der Waals surface area contributed by atoms with Gasteiger partial charge in [0.15, 0.2) is 0 Å². The van der Waals surface area contributed by atoms with E-state index in [-0.39, 0.29) is 12.0 Å². The second kappa shape index (κ2) is 7.77. The van der Waals surface area contributed by atoms with Crippen LogP contribution in [0.15, 0.2) is 0 Å². The molecule has 0 bridgehead atoms. The molecule has 0 aromatic carbocycles. The molecule has 0 aliphatic rings. The van der Waals surface area contributed by atoms with Crippen molar-refractivity contribution in [3.63, 3.8) is 0 Å². The first kappa shape index (κ1) is 13.4. The summed E-state index contributed by atoms with van der Waals surface area (Å²) in [5.74, 6) is 0. The average Bonchev–Trinajstić information content (AvgIpc) is 2.06. The lowest BCUT2D eigenvalue weighted by Crippen LogP contribution is -2.27. The molecule has 0 rings (SSSR count). The Balaban J connectivity index is 4.06. The fourth-order valence-corrected chi connectivity index (χ4v) is 3.74. The number of halogens is 3. The minimum Gasteiger partial charge on any atom is -0.396 e. The standard InChI is InChI=1S/C8H15Br3O/c9-4-1-8(7-12,2-5-10)3-6-11/h12H,1-7H2. The third kappa shape index (κ3) is 4.58. The summed E-state index contributed by atoms with van der Waals surface area (Å²) in [5.41, 5.74) is 0.108. The second-order valence-corrected chi connectivity index (χ2v) is 5.35. The smallest absolute Gasteiger partial charge is 0.0488 e. The van der Waals surface area contributed by atoms with E-state index in [9.17, 15) is 5.11 Å². The molecule has 0 amide bonds. The maximum absolute atomic E-state index is 9.31. The Kier molecular flexibility index (Phi) is 8.68. The number of aliphatic hydroxyl groups excluding tert-OH is 1. The summed E-state index contributed by atoms with van der Waals surface area (Å²) >= 11 is 10.3. The van der Waals surface area contributed by atoms with Crippen molar-refractivity contribution in [2.45, 2.75) is 19.3 Å². The third-order valence-corrected chi connectivity index (χ3v) is 3.40. The molecule has 0 aromatic heterocycles. The van der Waals surface area contributed by atoms with Crippen LogP contribution in [0, 0.1) is 5.41 Å². The third-order valence-electron chi connectivity index (χ3n) is 2.21. The molecule has 0 fully saturated rings. The van der Waals surface area contributed by atoms with Gasteiger partial charge in [0.2, 0.25) is 0 Å². The number of alkyl halides is 3. The van der Waals surface area contributed by atoms with Crippen LogP contribution in [0.4, 0.5) is 0 Å². The van der Waals surface area contributed by atoms with Gasteiger partial charge in [-0.2, -0.15) is 0 Å². The van der Waals surface area contributed by atoms with Crippen LogP contribution in [0.3, 0.4) is 0 Å². The van der Waals surface area contributed by atoms with E-state index in [4.69, 9.17) is 0 Å². The van der Waals surface area contributed by atoms with Gasteiger partial charge in [-0.25, -0.2) is 0 Å². The van der Waals surface area contributed by atoms with E-state index in [0.717, 1.165) is 35.3 Å².